The van der Waals surface area contributed by atoms with Gasteiger partial charge in [-0.25, -0.2) is 4.39 Å². The molecule has 7 heteroatoms. The molecule has 0 atom stereocenters. The number of imide groups is 1. The maximum Gasteiger partial charge on any atom is 0.261 e. The summed E-state index contributed by atoms with van der Waals surface area (Å²) in [6.45, 7) is 3.34. The lowest BCUT2D eigenvalue weighted by atomic mass is 10.1. The summed E-state index contributed by atoms with van der Waals surface area (Å²) in [5, 5.41) is 0. The molecule has 0 unspecified atom stereocenters. The Hall–Kier alpha value is -3.06. The van der Waals surface area contributed by atoms with Crippen molar-refractivity contribution in [3.63, 3.8) is 0 Å². The summed E-state index contributed by atoms with van der Waals surface area (Å²) in [4.78, 5) is 42.5. The Labute approximate surface area is 162 Å². The minimum atomic E-state index is -0.366. The van der Waals surface area contributed by atoms with E-state index in [0.29, 0.717) is 56.0 Å². The maximum absolute atomic E-state index is 13.0. The third kappa shape index (κ3) is 3.41. The fourth-order valence-corrected chi connectivity index (χ4v) is 3.63. The number of carbonyl (C=O) groups is 3. The first-order valence-corrected chi connectivity index (χ1v) is 9.27. The van der Waals surface area contributed by atoms with Gasteiger partial charge in [0.2, 0.25) is 0 Å². The Morgan fingerprint density at radius 2 is 1.39 bits per heavy atom. The zero-order valence-electron chi connectivity index (χ0n) is 15.3. The summed E-state index contributed by atoms with van der Waals surface area (Å²) < 4.78 is 13.0. The van der Waals surface area contributed by atoms with Crippen molar-refractivity contribution in [3.05, 3.63) is 71.0 Å². The predicted molar refractivity (Wildman–Crippen MR) is 101 cm³/mol. The molecular weight excluding hydrogens is 361 g/mol. The van der Waals surface area contributed by atoms with Gasteiger partial charge in [0.05, 0.1) is 11.1 Å². The maximum atomic E-state index is 13.0. The summed E-state index contributed by atoms with van der Waals surface area (Å²) in [7, 11) is 0. The van der Waals surface area contributed by atoms with Crippen LogP contribution < -0.4 is 0 Å². The van der Waals surface area contributed by atoms with Crippen LogP contribution in [0.25, 0.3) is 0 Å². The number of halogens is 1. The van der Waals surface area contributed by atoms with E-state index in [9.17, 15) is 18.8 Å². The predicted octanol–water partition coefficient (Wildman–Crippen LogP) is 1.88. The van der Waals surface area contributed by atoms with Crippen LogP contribution in [0.15, 0.2) is 48.5 Å². The van der Waals surface area contributed by atoms with Gasteiger partial charge < -0.3 is 4.90 Å². The van der Waals surface area contributed by atoms with Crippen LogP contribution in [0.2, 0.25) is 0 Å². The van der Waals surface area contributed by atoms with Gasteiger partial charge in [-0.2, -0.15) is 0 Å². The standard InChI is InChI=1S/C21H20FN3O3/c22-16-7-5-15(6-8-16)19(26)24-12-9-23(10-13-24)11-14-25-20(27)17-3-1-2-4-18(17)21(25)28/h1-8H,9-14H2. The normalized spacial score (nSPS) is 17.2. The van der Waals surface area contributed by atoms with Crippen LogP contribution in [-0.2, 0) is 0 Å². The van der Waals surface area contributed by atoms with Crippen LogP contribution in [0.1, 0.15) is 31.1 Å². The summed E-state index contributed by atoms with van der Waals surface area (Å²) in [5.74, 6) is -0.967. The van der Waals surface area contributed by atoms with Gasteiger partial charge in [-0.3, -0.25) is 24.2 Å². The molecule has 0 N–H and O–H groups in total. The number of benzene rings is 2. The fourth-order valence-electron chi connectivity index (χ4n) is 3.63. The number of nitrogens with zero attached hydrogens (tertiary/aromatic N) is 3. The van der Waals surface area contributed by atoms with E-state index in [1.54, 1.807) is 29.2 Å². The van der Waals surface area contributed by atoms with E-state index in [4.69, 9.17) is 0 Å². The first-order chi connectivity index (χ1) is 13.5. The van der Waals surface area contributed by atoms with E-state index >= 15 is 0 Å². The Kier molecular flexibility index (Phi) is 4.92. The van der Waals surface area contributed by atoms with Crippen molar-refractivity contribution in [1.82, 2.24) is 14.7 Å². The topological polar surface area (TPSA) is 60.9 Å². The molecule has 3 amide bonds. The summed E-state index contributed by atoms with van der Waals surface area (Å²) in [5.41, 5.74) is 1.39. The van der Waals surface area contributed by atoms with Gasteiger partial charge in [0.1, 0.15) is 5.82 Å². The van der Waals surface area contributed by atoms with Gasteiger partial charge in [0, 0.05) is 44.8 Å². The molecule has 1 fully saturated rings. The van der Waals surface area contributed by atoms with Crippen molar-refractivity contribution in [2.24, 2.45) is 0 Å². The van der Waals surface area contributed by atoms with Crippen molar-refractivity contribution in [1.29, 1.82) is 0 Å². The molecule has 0 radical (unpaired) electrons. The molecule has 144 valence electrons. The lowest BCUT2D eigenvalue weighted by molar-refractivity contribution is 0.0578. The summed E-state index contributed by atoms with van der Waals surface area (Å²) in [6.07, 6.45) is 0. The van der Waals surface area contributed by atoms with E-state index in [-0.39, 0.29) is 23.5 Å². The molecule has 6 nitrogen and oxygen atoms in total. The van der Waals surface area contributed by atoms with Crippen molar-refractivity contribution in [2.45, 2.75) is 0 Å². The molecule has 0 bridgehead atoms. The highest BCUT2D eigenvalue weighted by Gasteiger charge is 2.35. The number of piperazine rings is 1. The van der Waals surface area contributed by atoms with Crippen LogP contribution >= 0.6 is 0 Å². The van der Waals surface area contributed by atoms with Crippen molar-refractivity contribution >= 4 is 17.7 Å². The second kappa shape index (κ2) is 7.52. The molecule has 4 rings (SSSR count). The average Bonchev–Trinajstić information content (AvgIpc) is 2.97. The molecule has 0 saturated carbocycles. The molecular formula is C21H20FN3O3. The minimum Gasteiger partial charge on any atom is -0.336 e. The van der Waals surface area contributed by atoms with Gasteiger partial charge >= 0.3 is 0 Å². The molecule has 1 saturated heterocycles. The van der Waals surface area contributed by atoms with Crippen LogP contribution in [-0.4, -0.2) is 71.7 Å². The van der Waals surface area contributed by atoms with E-state index in [1.807, 2.05) is 0 Å². The van der Waals surface area contributed by atoms with E-state index in [2.05, 4.69) is 4.90 Å². The van der Waals surface area contributed by atoms with Crippen LogP contribution in [0.4, 0.5) is 4.39 Å². The van der Waals surface area contributed by atoms with E-state index in [0.717, 1.165) is 0 Å². The molecule has 0 aromatic heterocycles. The molecule has 2 aromatic carbocycles. The van der Waals surface area contributed by atoms with Gasteiger partial charge in [-0.15, -0.1) is 0 Å². The highest BCUT2D eigenvalue weighted by Crippen LogP contribution is 2.22. The van der Waals surface area contributed by atoms with E-state index < -0.39 is 0 Å². The third-order valence-electron chi connectivity index (χ3n) is 5.27. The quantitative estimate of drug-likeness (QED) is 0.759. The van der Waals surface area contributed by atoms with Gasteiger partial charge in [0.15, 0.2) is 0 Å². The lowest BCUT2D eigenvalue weighted by Gasteiger charge is -2.35. The van der Waals surface area contributed by atoms with Gasteiger partial charge in [-0.1, -0.05) is 12.1 Å². The van der Waals surface area contributed by atoms with Crippen LogP contribution in [0.3, 0.4) is 0 Å². The Morgan fingerprint density at radius 1 is 0.821 bits per heavy atom. The zero-order valence-corrected chi connectivity index (χ0v) is 15.3. The number of rotatable bonds is 4. The second-order valence-electron chi connectivity index (χ2n) is 6.95. The Bertz CT molecular complexity index is 886. The first-order valence-electron chi connectivity index (χ1n) is 9.27. The molecule has 2 aliphatic rings. The number of carbonyl (C=O) groups excluding carboxylic acids is 3. The van der Waals surface area contributed by atoms with Gasteiger partial charge in [0.25, 0.3) is 17.7 Å². The average molecular weight is 381 g/mol. The number of hydrogen-bond donors (Lipinski definition) is 0. The minimum absolute atomic E-state index is 0.111. The number of fused-ring (bicyclic) bond motifs is 1. The molecule has 0 spiro atoms. The molecule has 2 heterocycles. The monoisotopic (exact) mass is 381 g/mol. The number of amides is 3. The van der Waals surface area contributed by atoms with Crippen molar-refractivity contribution in [3.8, 4) is 0 Å². The summed E-state index contributed by atoms with van der Waals surface area (Å²) >= 11 is 0. The summed E-state index contributed by atoms with van der Waals surface area (Å²) in [6, 6.07) is 12.4. The second-order valence-corrected chi connectivity index (χ2v) is 6.95. The smallest absolute Gasteiger partial charge is 0.261 e. The SMILES string of the molecule is O=C(c1ccc(F)cc1)N1CCN(CCN2C(=O)c3ccccc3C2=O)CC1. The van der Waals surface area contributed by atoms with Crippen molar-refractivity contribution < 1.29 is 18.8 Å². The largest absolute Gasteiger partial charge is 0.336 e. The Morgan fingerprint density at radius 3 is 1.96 bits per heavy atom. The molecule has 28 heavy (non-hydrogen) atoms. The highest BCUT2D eigenvalue weighted by atomic mass is 19.1. The van der Waals surface area contributed by atoms with Crippen molar-refractivity contribution in [2.75, 3.05) is 39.3 Å². The molecule has 2 aromatic rings. The zero-order chi connectivity index (χ0) is 19.7. The lowest BCUT2D eigenvalue weighted by Crippen LogP contribution is -2.50. The van der Waals surface area contributed by atoms with Crippen LogP contribution in [0, 0.1) is 5.82 Å². The Balaban J connectivity index is 1.30. The third-order valence-corrected chi connectivity index (χ3v) is 5.27. The first kappa shape index (κ1) is 18.3. The van der Waals surface area contributed by atoms with Crippen LogP contribution in [0.5, 0.6) is 0 Å². The van der Waals surface area contributed by atoms with Gasteiger partial charge in [-0.05, 0) is 36.4 Å². The van der Waals surface area contributed by atoms with E-state index in [1.165, 1.54) is 29.2 Å². The molecule has 2 aliphatic heterocycles. The number of hydrogen-bond acceptors (Lipinski definition) is 4. The fraction of sp³-hybridized carbons (Fsp3) is 0.286. The molecule has 0 aliphatic carbocycles. The highest BCUT2D eigenvalue weighted by molar-refractivity contribution is 6.21.